The lowest BCUT2D eigenvalue weighted by molar-refractivity contribution is -0.124. The van der Waals surface area contributed by atoms with Gasteiger partial charge in [0.25, 0.3) is 5.91 Å². The average molecular weight is 261 g/mol. The molecule has 1 unspecified atom stereocenters. The van der Waals surface area contributed by atoms with Crippen LogP contribution in [0.2, 0.25) is 4.47 Å². The van der Waals surface area contributed by atoms with E-state index in [2.05, 4.69) is 20.8 Å². The molecule has 6 nitrogen and oxygen atoms in total. The van der Waals surface area contributed by atoms with Crippen LogP contribution in [0.4, 0.5) is 0 Å². The van der Waals surface area contributed by atoms with Crippen molar-refractivity contribution in [2.75, 3.05) is 6.54 Å². The number of carbonyl (C=O) groups excluding carboxylic acids is 2. The summed E-state index contributed by atoms with van der Waals surface area (Å²) in [6.07, 6.45) is 1.50. The van der Waals surface area contributed by atoms with Crippen molar-refractivity contribution < 1.29 is 9.59 Å². The number of nitrogens with zero attached hydrogens (tertiary/aromatic N) is 2. The summed E-state index contributed by atoms with van der Waals surface area (Å²) in [6, 6.07) is -0.482. The van der Waals surface area contributed by atoms with Crippen LogP contribution in [0.3, 0.4) is 0 Å². The van der Waals surface area contributed by atoms with Crippen LogP contribution in [0.25, 0.3) is 0 Å². The maximum Gasteiger partial charge on any atom is 0.282 e. The lowest BCUT2D eigenvalue weighted by Gasteiger charge is -2.22. The molecule has 1 saturated heterocycles. The molecule has 2 rings (SSSR count). The van der Waals surface area contributed by atoms with Gasteiger partial charge in [0.15, 0.2) is 0 Å². The molecule has 0 radical (unpaired) electrons. The average Bonchev–Trinajstić information content (AvgIpc) is 2.68. The summed E-state index contributed by atoms with van der Waals surface area (Å²) in [5.41, 5.74) is 0. The third-order valence-corrected chi connectivity index (χ3v) is 3.20. The molecule has 1 aromatic rings. The van der Waals surface area contributed by atoms with Crippen molar-refractivity contribution in [2.45, 2.75) is 18.9 Å². The van der Waals surface area contributed by atoms with Crippen LogP contribution in [0, 0.1) is 0 Å². The second kappa shape index (κ2) is 4.75. The highest BCUT2D eigenvalue weighted by atomic mass is 35.5. The van der Waals surface area contributed by atoms with E-state index in [0.717, 1.165) is 17.8 Å². The first kappa shape index (κ1) is 11.3. The van der Waals surface area contributed by atoms with Crippen LogP contribution in [0.15, 0.2) is 0 Å². The second-order valence-electron chi connectivity index (χ2n) is 3.32. The van der Waals surface area contributed by atoms with Crippen molar-refractivity contribution in [1.82, 2.24) is 20.8 Å². The maximum atomic E-state index is 11.6. The van der Waals surface area contributed by atoms with Crippen LogP contribution in [0.5, 0.6) is 0 Å². The van der Waals surface area contributed by atoms with Crippen molar-refractivity contribution in [2.24, 2.45) is 0 Å². The number of carbonyl (C=O) groups is 2. The third kappa shape index (κ3) is 2.48. The Hall–Kier alpha value is -1.21. The van der Waals surface area contributed by atoms with Crippen LogP contribution in [-0.2, 0) is 4.79 Å². The molecule has 1 aromatic heterocycles. The normalized spacial score (nSPS) is 20.3. The second-order valence-corrected chi connectivity index (χ2v) is 4.88. The first-order chi connectivity index (χ1) is 7.66. The molecule has 1 fully saturated rings. The van der Waals surface area contributed by atoms with Crippen LogP contribution in [-0.4, -0.2) is 34.6 Å². The smallest absolute Gasteiger partial charge is 0.282 e. The first-order valence-corrected chi connectivity index (χ1v) is 5.94. The van der Waals surface area contributed by atoms with Crippen molar-refractivity contribution in [1.29, 1.82) is 0 Å². The van der Waals surface area contributed by atoms with E-state index in [0.29, 0.717) is 13.0 Å². The van der Waals surface area contributed by atoms with Crippen LogP contribution in [0.1, 0.15) is 22.6 Å². The third-order valence-electron chi connectivity index (χ3n) is 2.19. The predicted octanol–water partition coefficient (Wildman–Crippen LogP) is 0.200. The summed E-state index contributed by atoms with van der Waals surface area (Å²) in [5, 5.41) is 12.6. The minimum Gasteiger partial charge on any atom is -0.354 e. The van der Waals surface area contributed by atoms with E-state index >= 15 is 0 Å². The molecule has 2 amide bonds. The minimum atomic E-state index is -0.482. The highest BCUT2D eigenvalue weighted by Crippen LogP contribution is 2.15. The topological polar surface area (TPSA) is 84.0 Å². The molecule has 1 atom stereocenters. The quantitative estimate of drug-likeness (QED) is 0.796. The molecule has 86 valence electrons. The van der Waals surface area contributed by atoms with Gasteiger partial charge in [0.2, 0.25) is 15.4 Å². The summed E-state index contributed by atoms with van der Waals surface area (Å²) >= 11 is 6.55. The van der Waals surface area contributed by atoms with Gasteiger partial charge in [0.05, 0.1) is 0 Å². The number of hydrogen-bond donors (Lipinski definition) is 2. The Balaban J connectivity index is 1.99. The fourth-order valence-corrected chi connectivity index (χ4v) is 2.16. The number of rotatable bonds is 2. The highest BCUT2D eigenvalue weighted by molar-refractivity contribution is 7.17. The molecule has 0 bridgehead atoms. The molecule has 1 aliphatic rings. The number of hydrogen-bond acceptors (Lipinski definition) is 5. The van der Waals surface area contributed by atoms with Crippen molar-refractivity contribution in [3.8, 4) is 0 Å². The van der Waals surface area contributed by atoms with Gasteiger partial charge < -0.3 is 10.6 Å². The Morgan fingerprint density at radius 2 is 2.38 bits per heavy atom. The zero-order valence-corrected chi connectivity index (χ0v) is 9.77. The molecule has 8 heteroatoms. The molecule has 2 N–H and O–H groups in total. The maximum absolute atomic E-state index is 11.6. The van der Waals surface area contributed by atoms with Gasteiger partial charge in [-0.1, -0.05) is 11.3 Å². The Morgan fingerprint density at radius 1 is 1.56 bits per heavy atom. The summed E-state index contributed by atoms with van der Waals surface area (Å²) in [5.74, 6) is -0.568. The largest absolute Gasteiger partial charge is 0.354 e. The molecule has 0 spiro atoms. The molecule has 2 heterocycles. The Kier molecular flexibility index (Phi) is 3.35. The zero-order valence-electron chi connectivity index (χ0n) is 8.20. The molecule has 0 saturated carbocycles. The van der Waals surface area contributed by atoms with Gasteiger partial charge >= 0.3 is 0 Å². The fraction of sp³-hybridized carbons (Fsp3) is 0.500. The zero-order chi connectivity index (χ0) is 11.5. The molecule has 1 aliphatic heterocycles. The van der Waals surface area contributed by atoms with Gasteiger partial charge in [-0.25, -0.2) is 0 Å². The molecular formula is C8H9ClN4O2S. The van der Waals surface area contributed by atoms with E-state index in [4.69, 9.17) is 11.6 Å². The number of halogens is 1. The van der Waals surface area contributed by atoms with Gasteiger partial charge in [-0.3, -0.25) is 9.59 Å². The highest BCUT2D eigenvalue weighted by Gasteiger charge is 2.25. The SMILES string of the molecule is O=C(NC1CCCNC1=O)c1nnc(Cl)s1. The van der Waals surface area contributed by atoms with Gasteiger partial charge in [0.1, 0.15) is 6.04 Å². The van der Waals surface area contributed by atoms with Crippen LogP contribution < -0.4 is 10.6 Å². The number of aromatic nitrogens is 2. The molecule has 0 aromatic carbocycles. The minimum absolute atomic E-state index is 0.157. The Morgan fingerprint density at radius 3 is 3.00 bits per heavy atom. The summed E-state index contributed by atoms with van der Waals surface area (Å²) in [7, 11) is 0. The number of piperidine rings is 1. The number of amides is 2. The first-order valence-electron chi connectivity index (χ1n) is 4.74. The van der Waals surface area contributed by atoms with Crippen LogP contribution >= 0.6 is 22.9 Å². The summed E-state index contributed by atoms with van der Waals surface area (Å²) in [4.78, 5) is 23.0. The molecule has 16 heavy (non-hydrogen) atoms. The van der Waals surface area contributed by atoms with E-state index in [1.54, 1.807) is 0 Å². The predicted molar refractivity (Wildman–Crippen MR) is 58.4 cm³/mol. The standard InChI is InChI=1S/C8H9ClN4O2S/c9-8-13-12-7(16-8)6(15)11-4-2-1-3-10-5(4)14/h4H,1-3H2,(H,10,14)(H,11,15). The monoisotopic (exact) mass is 260 g/mol. The van der Waals surface area contributed by atoms with E-state index < -0.39 is 11.9 Å². The van der Waals surface area contributed by atoms with E-state index in [1.807, 2.05) is 0 Å². The van der Waals surface area contributed by atoms with E-state index in [1.165, 1.54) is 0 Å². The lowest BCUT2D eigenvalue weighted by atomic mass is 10.1. The summed E-state index contributed by atoms with van der Waals surface area (Å²) < 4.78 is 0.207. The van der Waals surface area contributed by atoms with Crippen molar-refractivity contribution in [3.05, 3.63) is 9.47 Å². The van der Waals surface area contributed by atoms with Crippen molar-refractivity contribution >= 4 is 34.8 Å². The molecular weight excluding hydrogens is 252 g/mol. The van der Waals surface area contributed by atoms with Gasteiger partial charge in [-0.2, -0.15) is 0 Å². The van der Waals surface area contributed by atoms with E-state index in [9.17, 15) is 9.59 Å². The number of nitrogens with one attached hydrogen (secondary N) is 2. The fourth-order valence-electron chi connectivity index (χ4n) is 1.43. The van der Waals surface area contributed by atoms with E-state index in [-0.39, 0.29) is 15.4 Å². The van der Waals surface area contributed by atoms with Gasteiger partial charge in [-0.15, -0.1) is 10.2 Å². The van der Waals surface area contributed by atoms with Crippen molar-refractivity contribution in [3.63, 3.8) is 0 Å². The molecule has 0 aliphatic carbocycles. The summed E-state index contributed by atoms with van der Waals surface area (Å²) in [6.45, 7) is 0.663. The Bertz CT molecular complexity index is 422. The Labute approximate surface area is 100 Å². The lowest BCUT2D eigenvalue weighted by Crippen LogP contribution is -2.50. The van der Waals surface area contributed by atoms with Gasteiger partial charge in [0, 0.05) is 6.54 Å². The van der Waals surface area contributed by atoms with Gasteiger partial charge in [-0.05, 0) is 24.4 Å².